The van der Waals surface area contributed by atoms with E-state index in [9.17, 15) is 4.79 Å². The van der Waals surface area contributed by atoms with Crippen molar-refractivity contribution in [2.24, 2.45) is 0 Å². The van der Waals surface area contributed by atoms with Crippen molar-refractivity contribution < 1.29 is 14.6 Å². The summed E-state index contributed by atoms with van der Waals surface area (Å²) in [6.07, 6.45) is 2.79. The number of nitrogens with zero attached hydrogens (tertiary/aromatic N) is 1. The van der Waals surface area contributed by atoms with Crippen LogP contribution in [0.3, 0.4) is 0 Å². The summed E-state index contributed by atoms with van der Waals surface area (Å²) < 4.78 is 5.56. The Balaban J connectivity index is 2.09. The van der Waals surface area contributed by atoms with Gasteiger partial charge in [0.2, 0.25) is 0 Å². The number of methoxy groups -OCH3 is 1. The van der Waals surface area contributed by atoms with E-state index in [0.29, 0.717) is 12.1 Å². The lowest BCUT2D eigenvalue weighted by Crippen LogP contribution is -2.34. The molecule has 1 heterocycles. The second-order valence-corrected chi connectivity index (χ2v) is 5.66. The third kappa shape index (κ3) is 3.38. The summed E-state index contributed by atoms with van der Waals surface area (Å²) in [6.45, 7) is 3.55. The monoisotopic (exact) mass is 277 g/mol. The lowest BCUT2D eigenvalue weighted by molar-refractivity contribution is -0.00537. The summed E-state index contributed by atoms with van der Waals surface area (Å²) in [5.74, 6) is 0.0423. The van der Waals surface area contributed by atoms with Gasteiger partial charge in [0.25, 0.3) is 5.91 Å². The predicted molar refractivity (Wildman–Crippen MR) is 77.5 cm³/mol. The SMILES string of the molecule is COC1(C)CCCN(C(=O)c2cccc(CO)c2)CC1. The Morgan fingerprint density at radius 2 is 2.20 bits per heavy atom. The molecule has 0 bridgehead atoms. The van der Waals surface area contributed by atoms with Crippen molar-refractivity contribution in [3.63, 3.8) is 0 Å². The topological polar surface area (TPSA) is 49.8 Å². The van der Waals surface area contributed by atoms with Gasteiger partial charge in [0.15, 0.2) is 0 Å². The highest BCUT2D eigenvalue weighted by Crippen LogP contribution is 2.25. The predicted octanol–water partition coefficient (Wildman–Crippen LogP) is 2.21. The molecule has 1 atom stereocenters. The Morgan fingerprint density at radius 3 is 2.90 bits per heavy atom. The van der Waals surface area contributed by atoms with Crippen LogP contribution >= 0.6 is 0 Å². The largest absolute Gasteiger partial charge is 0.392 e. The van der Waals surface area contributed by atoms with Gasteiger partial charge < -0.3 is 14.7 Å². The van der Waals surface area contributed by atoms with Crippen LogP contribution in [0.25, 0.3) is 0 Å². The van der Waals surface area contributed by atoms with Crippen LogP contribution in [0.2, 0.25) is 0 Å². The zero-order chi connectivity index (χ0) is 14.6. The van der Waals surface area contributed by atoms with Crippen molar-refractivity contribution in [3.8, 4) is 0 Å². The summed E-state index contributed by atoms with van der Waals surface area (Å²) in [4.78, 5) is 14.4. The summed E-state index contributed by atoms with van der Waals surface area (Å²) in [5, 5.41) is 9.16. The Labute approximate surface area is 120 Å². The van der Waals surface area contributed by atoms with Gasteiger partial charge in [0.1, 0.15) is 0 Å². The van der Waals surface area contributed by atoms with Crippen molar-refractivity contribution in [2.75, 3.05) is 20.2 Å². The highest BCUT2D eigenvalue weighted by molar-refractivity contribution is 5.94. The minimum Gasteiger partial charge on any atom is -0.392 e. The number of likely N-dealkylation sites (tertiary alicyclic amines) is 1. The zero-order valence-corrected chi connectivity index (χ0v) is 12.3. The Morgan fingerprint density at radius 1 is 1.40 bits per heavy atom. The normalized spacial score (nSPS) is 23.4. The van der Waals surface area contributed by atoms with Crippen LogP contribution in [-0.4, -0.2) is 41.7 Å². The molecule has 1 N–H and O–H groups in total. The second kappa shape index (κ2) is 6.37. The van der Waals surface area contributed by atoms with Crippen molar-refractivity contribution >= 4 is 5.91 Å². The van der Waals surface area contributed by atoms with E-state index >= 15 is 0 Å². The third-order valence-electron chi connectivity index (χ3n) is 4.18. The quantitative estimate of drug-likeness (QED) is 0.921. The third-order valence-corrected chi connectivity index (χ3v) is 4.18. The fourth-order valence-corrected chi connectivity index (χ4v) is 2.64. The molecule has 110 valence electrons. The summed E-state index contributed by atoms with van der Waals surface area (Å²) >= 11 is 0. The number of ether oxygens (including phenoxy) is 1. The van der Waals surface area contributed by atoms with Gasteiger partial charge in [0, 0.05) is 25.8 Å². The average molecular weight is 277 g/mol. The standard InChI is InChI=1S/C16H23NO3/c1-16(20-2)7-4-9-17(10-8-16)15(19)14-6-3-5-13(11-14)12-18/h3,5-6,11,18H,4,7-10,12H2,1-2H3. The van der Waals surface area contributed by atoms with Crippen LogP contribution in [0.5, 0.6) is 0 Å². The number of carbonyl (C=O) groups is 1. The first-order valence-corrected chi connectivity index (χ1v) is 7.12. The molecule has 1 aromatic rings. The van der Waals surface area contributed by atoms with Gasteiger partial charge in [-0.05, 0) is 43.9 Å². The first kappa shape index (κ1) is 15.0. The number of hydrogen-bond acceptors (Lipinski definition) is 3. The number of aliphatic hydroxyl groups is 1. The van der Waals surface area contributed by atoms with Crippen molar-refractivity contribution in [3.05, 3.63) is 35.4 Å². The minimum absolute atomic E-state index is 0.0388. The number of hydrogen-bond donors (Lipinski definition) is 1. The van der Waals surface area contributed by atoms with Crippen molar-refractivity contribution in [1.82, 2.24) is 4.90 Å². The van der Waals surface area contributed by atoms with E-state index in [1.54, 1.807) is 13.2 Å². The first-order chi connectivity index (χ1) is 9.58. The van der Waals surface area contributed by atoms with Crippen LogP contribution in [-0.2, 0) is 11.3 Å². The molecule has 1 unspecified atom stereocenters. The van der Waals surface area contributed by atoms with Gasteiger partial charge in [-0.3, -0.25) is 4.79 Å². The first-order valence-electron chi connectivity index (χ1n) is 7.12. The van der Waals surface area contributed by atoms with Gasteiger partial charge in [-0.1, -0.05) is 12.1 Å². The molecule has 1 aliphatic heterocycles. The smallest absolute Gasteiger partial charge is 0.253 e. The summed E-state index contributed by atoms with van der Waals surface area (Å²) in [6, 6.07) is 7.21. The maximum absolute atomic E-state index is 12.5. The molecule has 2 rings (SSSR count). The van der Waals surface area contributed by atoms with Gasteiger partial charge in [-0.25, -0.2) is 0 Å². The summed E-state index contributed by atoms with van der Waals surface area (Å²) in [7, 11) is 1.74. The number of rotatable bonds is 3. The molecule has 4 heteroatoms. The maximum Gasteiger partial charge on any atom is 0.253 e. The second-order valence-electron chi connectivity index (χ2n) is 5.66. The van der Waals surface area contributed by atoms with Crippen LogP contribution in [0.15, 0.2) is 24.3 Å². The molecule has 20 heavy (non-hydrogen) atoms. The number of amides is 1. The molecular formula is C16H23NO3. The van der Waals surface area contributed by atoms with E-state index in [2.05, 4.69) is 6.92 Å². The van der Waals surface area contributed by atoms with Crippen LogP contribution in [0.4, 0.5) is 0 Å². The molecule has 1 fully saturated rings. The fourth-order valence-electron chi connectivity index (χ4n) is 2.64. The van der Waals surface area contributed by atoms with E-state index in [1.165, 1.54) is 0 Å². The Kier molecular flexibility index (Phi) is 4.78. The molecule has 1 amide bonds. The molecule has 0 aromatic heterocycles. The number of benzene rings is 1. The highest BCUT2D eigenvalue weighted by Gasteiger charge is 2.29. The van der Waals surface area contributed by atoms with Gasteiger partial charge >= 0.3 is 0 Å². The van der Waals surface area contributed by atoms with E-state index in [4.69, 9.17) is 9.84 Å². The molecule has 0 radical (unpaired) electrons. The summed E-state index contributed by atoms with van der Waals surface area (Å²) in [5.41, 5.74) is 1.30. The Hall–Kier alpha value is -1.39. The zero-order valence-electron chi connectivity index (χ0n) is 12.3. The lowest BCUT2D eigenvalue weighted by Gasteiger charge is -2.26. The molecule has 0 aliphatic carbocycles. The molecule has 1 aromatic carbocycles. The number of carbonyl (C=O) groups excluding carboxylic acids is 1. The molecule has 0 saturated carbocycles. The van der Waals surface area contributed by atoms with Crippen LogP contribution < -0.4 is 0 Å². The average Bonchev–Trinajstić information content (AvgIpc) is 2.69. The molecule has 1 saturated heterocycles. The Bertz CT molecular complexity index is 475. The molecule has 0 spiro atoms. The van der Waals surface area contributed by atoms with Gasteiger partial charge in [0.05, 0.1) is 12.2 Å². The molecule has 4 nitrogen and oxygen atoms in total. The van der Waals surface area contributed by atoms with Gasteiger partial charge in [-0.15, -0.1) is 0 Å². The van der Waals surface area contributed by atoms with Crippen molar-refractivity contribution in [1.29, 1.82) is 0 Å². The van der Waals surface area contributed by atoms with Crippen molar-refractivity contribution in [2.45, 2.75) is 38.4 Å². The van der Waals surface area contributed by atoms with E-state index < -0.39 is 0 Å². The van der Waals surface area contributed by atoms with E-state index in [-0.39, 0.29) is 18.1 Å². The van der Waals surface area contributed by atoms with Gasteiger partial charge in [-0.2, -0.15) is 0 Å². The minimum atomic E-state index is -0.123. The molecule has 1 aliphatic rings. The molecular weight excluding hydrogens is 254 g/mol. The fraction of sp³-hybridized carbons (Fsp3) is 0.562. The maximum atomic E-state index is 12.5. The van der Waals surface area contributed by atoms with E-state index in [1.807, 2.05) is 23.1 Å². The van der Waals surface area contributed by atoms with Crippen LogP contribution in [0, 0.1) is 0 Å². The lowest BCUT2D eigenvalue weighted by atomic mass is 9.97. The highest BCUT2D eigenvalue weighted by atomic mass is 16.5. The number of aliphatic hydroxyl groups excluding tert-OH is 1. The van der Waals surface area contributed by atoms with E-state index in [0.717, 1.165) is 31.4 Å². The van der Waals surface area contributed by atoms with Crippen LogP contribution in [0.1, 0.15) is 42.1 Å².